The fourth-order valence-electron chi connectivity index (χ4n) is 2.67. The van der Waals surface area contributed by atoms with E-state index in [9.17, 15) is 4.79 Å². The van der Waals surface area contributed by atoms with E-state index in [0.717, 1.165) is 33.0 Å². The van der Waals surface area contributed by atoms with Crippen molar-refractivity contribution in [1.29, 1.82) is 0 Å². The van der Waals surface area contributed by atoms with E-state index >= 15 is 0 Å². The van der Waals surface area contributed by atoms with E-state index in [4.69, 9.17) is 0 Å². The summed E-state index contributed by atoms with van der Waals surface area (Å²) in [4.78, 5) is 27.8. The molecule has 7 heteroatoms. The number of amides is 1. The van der Waals surface area contributed by atoms with Gasteiger partial charge >= 0.3 is 0 Å². The van der Waals surface area contributed by atoms with E-state index in [2.05, 4.69) is 20.3 Å². The van der Waals surface area contributed by atoms with Gasteiger partial charge in [0.15, 0.2) is 5.13 Å². The van der Waals surface area contributed by atoms with Gasteiger partial charge in [-0.25, -0.2) is 15.0 Å². The number of nitrogens with zero attached hydrogens (tertiary/aromatic N) is 3. The molecule has 23 heavy (non-hydrogen) atoms. The van der Waals surface area contributed by atoms with Gasteiger partial charge in [-0.15, -0.1) is 22.7 Å². The Balaban J connectivity index is 1.73. The smallest absolute Gasteiger partial charge is 0.267 e. The first kappa shape index (κ1) is 14.7. The molecule has 4 rings (SSSR count). The van der Waals surface area contributed by atoms with E-state index in [-0.39, 0.29) is 5.91 Å². The molecule has 0 aromatic carbocycles. The minimum Gasteiger partial charge on any atom is -0.297 e. The van der Waals surface area contributed by atoms with Crippen LogP contribution in [-0.4, -0.2) is 20.9 Å². The van der Waals surface area contributed by atoms with Crippen LogP contribution in [0.4, 0.5) is 5.13 Å². The number of carbonyl (C=O) groups excluding carboxylic acids is 1. The molecule has 0 bridgehead atoms. The SMILES string of the molecule is Cc1csc(NC(=O)c2sc3nc(C4CC4)nc(C)c3c2C)n1. The van der Waals surface area contributed by atoms with Gasteiger partial charge in [-0.3, -0.25) is 10.1 Å². The van der Waals surface area contributed by atoms with Gasteiger partial charge in [-0.2, -0.15) is 0 Å². The van der Waals surface area contributed by atoms with Crippen molar-refractivity contribution in [2.45, 2.75) is 39.5 Å². The predicted molar refractivity (Wildman–Crippen MR) is 93.7 cm³/mol. The third kappa shape index (κ3) is 2.64. The van der Waals surface area contributed by atoms with Gasteiger partial charge in [0, 0.05) is 16.7 Å². The van der Waals surface area contributed by atoms with Gasteiger partial charge in [-0.05, 0) is 39.2 Å². The monoisotopic (exact) mass is 344 g/mol. The number of hydrogen-bond acceptors (Lipinski definition) is 6. The molecular weight excluding hydrogens is 328 g/mol. The zero-order valence-corrected chi connectivity index (χ0v) is 14.8. The minimum atomic E-state index is -0.118. The molecule has 0 aliphatic heterocycles. The van der Waals surface area contributed by atoms with Crippen LogP contribution >= 0.6 is 22.7 Å². The molecule has 1 aliphatic rings. The van der Waals surface area contributed by atoms with E-state index in [1.807, 2.05) is 26.2 Å². The average molecular weight is 344 g/mol. The van der Waals surface area contributed by atoms with Crippen molar-refractivity contribution in [1.82, 2.24) is 15.0 Å². The van der Waals surface area contributed by atoms with Gasteiger partial charge < -0.3 is 0 Å². The Morgan fingerprint density at radius 2 is 2.00 bits per heavy atom. The lowest BCUT2D eigenvalue weighted by Gasteiger charge is -2.02. The maximum Gasteiger partial charge on any atom is 0.267 e. The van der Waals surface area contributed by atoms with Crippen LogP contribution < -0.4 is 5.32 Å². The molecule has 1 aliphatic carbocycles. The van der Waals surface area contributed by atoms with Crippen LogP contribution in [0.25, 0.3) is 10.2 Å². The summed E-state index contributed by atoms with van der Waals surface area (Å²) < 4.78 is 0. The Bertz CT molecular complexity index is 924. The van der Waals surface area contributed by atoms with Crippen molar-refractivity contribution in [3.63, 3.8) is 0 Å². The second-order valence-electron chi connectivity index (χ2n) is 5.93. The van der Waals surface area contributed by atoms with Crippen molar-refractivity contribution in [2.24, 2.45) is 0 Å². The molecule has 3 aromatic heterocycles. The summed E-state index contributed by atoms with van der Waals surface area (Å²) >= 11 is 2.88. The Morgan fingerprint density at radius 3 is 2.65 bits per heavy atom. The lowest BCUT2D eigenvalue weighted by Crippen LogP contribution is -2.11. The van der Waals surface area contributed by atoms with Gasteiger partial charge in [0.2, 0.25) is 0 Å². The first-order valence-electron chi connectivity index (χ1n) is 7.54. The molecule has 3 heterocycles. The summed E-state index contributed by atoms with van der Waals surface area (Å²) in [5.41, 5.74) is 2.83. The van der Waals surface area contributed by atoms with Crippen molar-refractivity contribution in [2.75, 3.05) is 5.32 Å². The second-order valence-corrected chi connectivity index (χ2v) is 7.78. The topological polar surface area (TPSA) is 67.8 Å². The zero-order valence-electron chi connectivity index (χ0n) is 13.1. The van der Waals surface area contributed by atoms with Crippen LogP contribution in [0, 0.1) is 20.8 Å². The summed E-state index contributed by atoms with van der Waals surface area (Å²) in [5, 5.41) is 6.45. The first-order valence-corrected chi connectivity index (χ1v) is 9.23. The number of rotatable bonds is 3. The maximum absolute atomic E-state index is 12.6. The molecule has 1 fully saturated rings. The highest BCUT2D eigenvalue weighted by Crippen LogP contribution is 2.40. The normalized spacial score (nSPS) is 14.4. The van der Waals surface area contributed by atoms with Crippen LogP contribution in [0.15, 0.2) is 5.38 Å². The van der Waals surface area contributed by atoms with Crippen molar-refractivity contribution < 1.29 is 4.79 Å². The molecule has 0 unspecified atom stereocenters. The summed E-state index contributed by atoms with van der Waals surface area (Å²) in [6.45, 7) is 5.88. The number of thiazole rings is 1. The molecule has 0 saturated heterocycles. The summed E-state index contributed by atoms with van der Waals surface area (Å²) in [7, 11) is 0. The molecule has 0 atom stereocenters. The van der Waals surface area contributed by atoms with Crippen LogP contribution in [-0.2, 0) is 0 Å². The third-order valence-corrected chi connectivity index (χ3v) is 6.04. The lowest BCUT2D eigenvalue weighted by molar-refractivity contribution is 0.103. The van der Waals surface area contributed by atoms with E-state index < -0.39 is 0 Å². The van der Waals surface area contributed by atoms with Gasteiger partial charge in [0.1, 0.15) is 10.7 Å². The van der Waals surface area contributed by atoms with Crippen molar-refractivity contribution in [3.8, 4) is 0 Å². The Labute approximate surface area is 141 Å². The Kier molecular flexibility index (Phi) is 3.42. The number of carbonyl (C=O) groups is 1. The summed E-state index contributed by atoms with van der Waals surface area (Å²) in [6.07, 6.45) is 2.35. The minimum absolute atomic E-state index is 0.118. The van der Waals surface area contributed by atoms with Gasteiger partial charge in [-0.1, -0.05) is 0 Å². The fraction of sp³-hybridized carbons (Fsp3) is 0.375. The number of nitrogens with one attached hydrogen (secondary N) is 1. The van der Waals surface area contributed by atoms with Gasteiger partial charge in [0.25, 0.3) is 5.91 Å². The molecule has 5 nitrogen and oxygen atoms in total. The molecule has 1 amide bonds. The standard InChI is InChI=1S/C16H16N4OS2/c1-7-6-22-16(17-7)20-14(21)12-8(2)11-9(3)18-13(10-4-5-10)19-15(11)23-12/h6,10H,4-5H2,1-3H3,(H,17,20,21). The molecule has 3 aromatic rings. The quantitative estimate of drug-likeness (QED) is 0.773. The number of thiophene rings is 1. The molecule has 118 valence electrons. The maximum atomic E-state index is 12.6. The van der Waals surface area contributed by atoms with E-state index in [1.165, 1.54) is 35.5 Å². The van der Waals surface area contributed by atoms with Crippen molar-refractivity contribution >= 4 is 43.9 Å². The third-order valence-electron chi connectivity index (χ3n) is 3.98. The van der Waals surface area contributed by atoms with Crippen LogP contribution in [0.5, 0.6) is 0 Å². The van der Waals surface area contributed by atoms with Gasteiger partial charge in [0.05, 0.1) is 16.3 Å². The summed E-state index contributed by atoms with van der Waals surface area (Å²) in [5.74, 6) is 1.32. The van der Waals surface area contributed by atoms with Crippen LogP contribution in [0.1, 0.15) is 51.2 Å². The number of hydrogen-bond donors (Lipinski definition) is 1. The molecule has 1 saturated carbocycles. The number of anilines is 1. The Morgan fingerprint density at radius 1 is 1.22 bits per heavy atom. The van der Waals surface area contributed by atoms with Crippen LogP contribution in [0.3, 0.4) is 0 Å². The highest BCUT2D eigenvalue weighted by atomic mass is 32.1. The average Bonchev–Trinajstić information content (AvgIpc) is 3.19. The van der Waals surface area contributed by atoms with Crippen molar-refractivity contribution in [3.05, 3.63) is 33.0 Å². The number of aryl methyl sites for hydroxylation is 3. The highest BCUT2D eigenvalue weighted by Gasteiger charge is 2.28. The molecule has 0 spiro atoms. The first-order chi connectivity index (χ1) is 11.0. The second kappa shape index (κ2) is 5.35. The fourth-order valence-corrected chi connectivity index (χ4v) is 4.48. The Hall–Kier alpha value is -1.86. The molecule has 0 radical (unpaired) electrons. The molecular formula is C16H16N4OS2. The zero-order chi connectivity index (χ0) is 16.1. The van der Waals surface area contributed by atoms with E-state index in [1.54, 1.807) is 0 Å². The van der Waals surface area contributed by atoms with Crippen LogP contribution in [0.2, 0.25) is 0 Å². The largest absolute Gasteiger partial charge is 0.297 e. The number of fused-ring (bicyclic) bond motifs is 1. The molecule has 1 N–H and O–H groups in total. The number of aromatic nitrogens is 3. The predicted octanol–water partition coefficient (Wildman–Crippen LogP) is 4.20. The summed E-state index contributed by atoms with van der Waals surface area (Å²) in [6, 6.07) is 0. The highest BCUT2D eigenvalue weighted by molar-refractivity contribution is 7.21. The lowest BCUT2D eigenvalue weighted by atomic mass is 10.1. The van der Waals surface area contributed by atoms with E-state index in [0.29, 0.717) is 15.9 Å².